The lowest BCUT2D eigenvalue weighted by Gasteiger charge is -2.31. The van der Waals surface area contributed by atoms with Gasteiger partial charge in [-0.3, -0.25) is 4.79 Å². The number of carbonyl (C=O) groups excluding carboxylic acids is 1. The van der Waals surface area contributed by atoms with Gasteiger partial charge < -0.3 is 9.73 Å². The van der Waals surface area contributed by atoms with Crippen LogP contribution >= 0.6 is 11.6 Å². The van der Waals surface area contributed by atoms with Crippen LogP contribution in [0.5, 0.6) is 0 Å². The number of hydrogen-bond acceptors (Lipinski definition) is 4. The van der Waals surface area contributed by atoms with Crippen molar-refractivity contribution >= 4 is 27.5 Å². The third-order valence-electron chi connectivity index (χ3n) is 4.30. The molecule has 6 nitrogen and oxygen atoms in total. The van der Waals surface area contributed by atoms with Crippen molar-refractivity contribution in [2.24, 2.45) is 5.92 Å². The number of benzene rings is 1. The summed E-state index contributed by atoms with van der Waals surface area (Å²) in [7, 11) is -3.84. The number of carbonyl (C=O) groups is 1. The van der Waals surface area contributed by atoms with E-state index in [-0.39, 0.29) is 28.9 Å². The Balaban J connectivity index is 1.68. The van der Waals surface area contributed by atoms with Gasteiger partial charge in [0, 0.05) is 13.1 Å². The van der Waals surface area contributed by atoms with Gasteiger partial charge in [0.15, 0.2) is 0 Å². The van der Waals surface area contributed by atoms with E-state index in [1.54, 1.807) is 12.1 Å². The van der Waals surface area contributed by atoms with Gasteiger partial charge in [-0.2, -0.15) is 4.31 Å². The lowest BCUT2D eigenvalue weighted by Crippen LogP contribution is -2.45. The second kappa shape index (κ2) is 7.77. The van der Waals surface area contributed by atoms with Gasteiger partial charge in [-0.1, -0.05) is 11.6 Å². The summed E-state index contributed by atoms with van der Waals surface area (Å²) in [5.74, 6) is -0.734. The summed E-state index contributed by atoms with van der Waals surface area (Å²) in [6.45, 7) is 0.628. The zero-order valence-corrected chi connectivity index (χ0v) is 15.4. The minimum Gasteiger partial charge on any atom is -0.467 e. The average molecular weight is 401 g/mol. The first-order valence-electron chi connectivity index (χ1n) is 8.13. The van der Waals surface area contributed by atoms with E-state index in [0.717, 1.165) is 12.1 Å². The highest BCUT2D eigenvalue weighted by molar-refractivity contribution is 7.89. The Morgan fingerprint density at radius 3 is 2.88 bits per heavy atom. The first kappa shape index (κ1) is 18.9. The van der Waals surface area contributed by atoms with E-state index in [4.69, 9.17) is 16.0 Å². The maximum Gasteiger partial charge on any atom is 0.243 e. The minimum atomic E-state index is -3.84. The van der Waals surface area contributed by atoms with Gasteiger partial charge in [0.05, 0.1) is 28.6 Å². The molecule has 0 bridgehead atoms. The maximum absolute atomic E-state index is 13.3. The van der Waals surface area contributed by atoms with Crippen molar-refractivity contribution in [3.8, 4) is 0 Å². The van der Waals surface area contributed by atoms with Crippen LogP contribution in [0.25, 0.3) is 0 Å². The minimum absolute atomic E-state index is 0.0708. The molecule has 140 valence electrons. The van der Waals surface area contributed by atoms with Crippen molar-refractivity contribution in [1.82, 2.24) is 9.62 Å². The molecule has 1 aromatic heterocycles. The molecule has 1 unspecified atom stereocenters. The molecule has 1 atom stereocenters. The molecule has 1 aliphatic heterocycles. The fraction of sp³-hybridized carbons (Fsp3) is 0.353. The van der Waals surface area contributed by atoms with Crippen LogP contribution in [0.3, 0.4) is 0 Å². The van der Waals surface area contributed by atoms with E-state index in [9.17, 15) is 17.6 Å². The number of furan rings is 1. The normalized spacial score (nSPS) is 18.6. The highest BCUT2D eigenvalue weighted by Gasteiger charge is 2.33. The molecule has 0 aliphatic carbocycles. The third kappa shape index (κ3) is 4.08. The Bertz CT molecular complexity index is 886. The van der Waals surface area contributed by atoms with Crippen LogP contribution in [0.1, 0.15) is 18.6 Å². The molecule has 1 amide bonds. The van der Waals surface area contributed by atoms with Crippen LogP contribution in [0, 0.1) is 11.7 Å². The van der Waals surface area contributed by atoms with Crippen LogP contribution in [0.4, 0.5) is 4.39 Å². The third-order valence-corrected chi connectivity index (χ3v) is 6.45. The predicted octanol–water partition coefficient (Wildman–Crippen LogP) is 2.79. The Morgan fingerprint density at radius 1 is 1.38 bits per heavy atom. The van der Waals surface area contributed by atoms with Gasteiger partial charge in [-0.05, 0) is 43.2 Å². The molecular formula is C17H18ClFN2O4S. The second-order valence-corrected chi connectivity index (χ2v) is 8.42. The zero-order chi connectivity index (χ0) is 18.7. The van der Waals surface area contributed by atoms with Gasteiger partial charge in [-0.25, -0.2) is 12.8 Å². The molecule has 1 aliphatic rings. The second-order valence-electron chi connectivity index (χ2n) is 6.08. The van der Waals surface area contributed by atoms with Crippen molar-refractivity contribution < 1.29 is 22.0 Å². The standard InChI is InChI=1S/C17H18ClFN2O4S/c18-15-9-14(5-6-16(15)19)26(23,24)21-7-1-3-12(11-21)17(22)20-10-13-4-2-8-25-13/h2,4-6,8-9,12H,1,3,7,10-11H2,(H,20,22). The number of nitrogens with zero attached hydrogens (tertiary/aromatic N) is 1. The largest absolute Gasteiger partial charge is 0.467 e. The Kier molecular flexibility index (Phi) is 5.64. The molecule has 0 radical (unpaired) electrons. The first-order chi connectivity index (χ1) is 12.4. The van der Waals surface area contributed by atoms with Gasteiger partial charge in [0.1, 0.15) is 11.6 Å². The van der Waals surface area contributed by atoms with E-state index in [2.05, 4.69) is 5.32 Å². The topological polar surface area (TPSA) is 79.6 Å². The molecule has 2 aromatic rings. The highest BCUT2D eigenvalue weighted by Crippen LogP contribution is 2.26. The predicted molar refractivity (Wildman–Crippen MR) is 93.4 cm³/mol. The van der Waals surface area contributed by atoms with E-state index < -0.39 is 21.8 Å². The fourth-order valence-electron chi connectivity index (χ4n) is 2.89. The molecule has 2 heterocycles. The van der Waals surface area contributed by atoms with E-state index in [1.807, 2.05) is 0 Å². The summed E-state index contributed by atoms with van der Waals surface area (Å²) in [6.07, 6.45) is 2.68. The molecule has 1 N–H and O–H groups in total. The quantitative estimate of drug-likeness (QED) is 0.836. The summed E-state index contributed by atoms with van der Waals surface area (Å²) in [4.78, 5) is 12.3. The number of amides is 1. The van der Waals surface area contributed by atoms with Crippen LogP contribution in [0.15, 0.2) is 45.9 Å². The zero-order valence-electron chi connectivity index (χ0n) is 13.8. The molecule has 0 spiro atoms. The molecule has 1 aromatic carbocycles. The summed E-state index contributed by atoms with van der Waals surface area (Å²) >= 11 is 5.70. The van der Waals surface area contributed by atoms with Crippen molar-refractivity contribution in [2.45, 2.75) is 24.3 Å². The summed E-state index contributed by atoms with van der Waals surface area (Å²) in [5, 5.41) is 2.50. The Morgan fingerprint density at radius 2 is 2.19 bits per heavy atom. The van der Waals surface area contributed by atoms with E-state index in [1.165, 1.54) is 16.6 Å². The van der Waals surface area contributed by atoms with Gasteiger partial charge in [-0.15, -0.1) is 0 Å². The van der Waals surface area contributed by atoms with Crippen molar-refractivity contribution in [3.63, 3.8) is 0 Å². The lowest BCUT2D eigenvalue weighted by molar-refractivity contribution is -0.126. The lowest BCUT2D eigenvalue weighted by atomic mass is 9.99. The van der Waals surface area contributed by atoms with Crippen molar-refractivity contribution in [3.05, 3.63) is 53.2 Å². The van der Waals surface area contributed by atoms with Crippen molar-refractivity contribution in [2.75, 3.05) is 13.1 Å². The molecule has 26 heavy (non-hydrogen) atoms. The summed E-state index contributed by atoms with van der Waals surface area (Å²) < 4.78 is 45.2. The molecule has 3 rings (SSSR count). The SMILES string of the molecule is O=C(NCc1ccco1)C1CCCN(S(=O)(=O)c2ccc(F)c(Cl)c2)C1. The fourth-order valence-corrected chi connectivity index (χ4v) is 4.69. The van der Waals surface area contributed by atoms with Crippen LogP contribution in [-0.2, 0) is 21.4 Å². The number of rotatable bonds is 5. The van der Waals surface area contributed by atoms with E-state index in [0.29, 0.717) is 25.1 Å². The molecule has 1 fully saturated rings. The number of sulfonamides is 1. The molecular weight excluding hydrogens is 383 g/mol. The molecule has 0 saturated carbocycles. The Labute approximate surface area is 156 Å². The smallest absolute Gasteiger partial charge is 0.243 e. The number of halogens is 2. The average Bonchev–Trinajstić information content (AvgIpc) is 3.15. The van der Waals surface area contributed by atoms with Crippen LogP contribution in [0.2, 0.25) is 5.02 Å². The number of nitrogens with one attached hydrogen (secondary N) is 1. The summed E-state index contributed by atoms with van der Waals surface area (Å²) in [6, 6.07) is 6.76. The van der Waals surface area contributed by atoms with Crippen LogP contribution in [-0.4, -0.2) is 31.7 Å². The molecule has 9 heteroatoms. The number of hydrogen-bond donors (Lipinski definition) is 1. The number of piperidine rings is 1. The monoisotopic (exact) mass is 400 g/mol. The first-order valence-corrected chi connectivity index (χ1v) is 9.95. The van der Waals surface area contributed by atoms with Gasteiger partial charge >= 0.3 is 0 Å². The maximum atomic E-state index is 13.3. The van der Waals surface area contributed by atoms with Crippen LogP contribution < -0.4 is 5.32 Å². The van der Waals surface area contributed by atoms with E-state index >= 15 is 0 Å². The van der Waals surface area contributed by atoms with Crippen molar-refractivity contribution in [1.29, 1.82) is 0 Å². The summed E-state index contributed by atoms with van der Waals surface area (Å²) in [5.41, 5.74) is 0. The Hall–Kier alpha value is -1.90. The van der Waals surface area contributed by atoms with Gasteiger partial charge in [0.25, 0.3) is 0 Å². The van der Waals surface area contributed by atoms with Gasteiger partial charge in [0.2, 0.25) is 15.9 Å². The highest BCUT2D eigenvalue weighted by atomic mass is 35.5. The molecule has 1 saturated heterocycles.